The first-order valence-electron chi connectivity index (χ1n) is 8.96. The van der Waals surface area contributed by atoms with Crippen molar-refractivity contribution < 1.29 is 9.53 Å². The number of fused-ring (bicyclic) bond motifs is 2. The lowest BCUT2D eigenvalue weighted by atomic mass is 9.83. The van der Waals surface area contributed by atoms with Crippen LogP contribution in [0.25, 0.3) is 0 Å². The fourth-order valence-corrected chi connectivity index (χ4v) is 4.33. The van der Waals surface area contributed by atoms with Crippen molar-refractivity contribution in [3.05, 3.63) is 29.3 Å². The molecule has 1 spiro atoms. The van der Waals surface area contributed by atoms with Gasteiger partial charge in [0.2, 0.25) is 0 Å². The summed E-state index contributed by atoms with van der Waals surface area (Å²) in [5, 5.41) is 0. The van der Waals surface area contributed by atoms with Gasteiger partial charge in [-0.2, -0.15) is 0 Å². The summed E-state index contributed by atoms with van der Waals surface area (Å²) >= 11 is 0. The van der Waals surface area contributed by atoms with Crippen molar-refractivity contribution in [3.63, 3.8) is 0 Å². The van der Waals surface area contributed by atoms with E-state index in [0.717, 1.165) is 50.1 Å². The SMILES string of the molecule is CC(C)N1CCC2(CC1)OC(=O)c1cc(N3CCCC3)ccc12. The van der Waals surface area contributed by atoms with Crippen molar-refractivity contribution in [1.29, 1.82) is 0 Å². The van der Waals surface area contributed by atoms with Crippen molar-refractivity contribution in [2.75, 3.05) is 31.1 Å². The standard InChI is InChI=1S/C19H26N2O2/c1-14(2)20-11-7-19(8-12-20)17-6-5-15(21-9-3-4-10-21)13-16(17)18(22)23-19/h5-6,13-14H,3-4,7-12H2,1-2H3. The van der Waals surface area contributed by atoms with Gasteiger partial charge in [-0.05, 0) is 38.8 Å². The third-order valence-corrected chi connectivity index (χ3v) is 5.81. The Balaban J connectivity index is 1.61. The van der Waals surface area contributed by atoms with Crippen LogP contribution < -0.4 is 4.90 Å². The Morgan fingerprint density at radius 2 is 1.78 bits per heavy atom. The lowest BCUT2D eigenvalue weighted by molar-refractivity contribution is -0.0470. The van der Waals surface area contributed by atoms with Crippen LogP contribution in [0, 0.1) is 0 Å². The molecule has 4 heteroatoms. The Labute approximate surface area is 138 Å². The Kier molecular flexibility index (Phi) is 3.60. The molecule has 0 radical (unpaired) electrons. The first-order chi connectivity index (χ1) is 11.1. The fraction of sp³-hybridized carbons (Fsp3) is 0.632. The van der Waals surface area contributed by atoms with Gasteiger partial charge < -0.3 is 14.5 Å². The molecule has 1 aromatic rings. The van der Waals surface area contributed by atoms with Crippen molar-refractivity contribution in [2.24, 2.45) is 0 Å². The average molecular weight is 314 g/mol. The predicted octanol–water partition coefficient (Wildman–Crippen LogP) is 3.16. The van der Waals surface area contributed by atoms with E-state index in [1.807, 2.05) is 0 Å². The molecule has 0 bridgehead atoms. The number of nitrogens with zero attached hydrogens (tertiary/aromatic N) is 2. The maximum absolute atomic E-state index is 12.5. The van der Waals surface area contributed by atoms with Crippen molar-refractivity contribution in [2.45, 2.75) is 51.2 Å². The van der Waals surface area contributed by atoms with Crippen molar-refractivity contribution >= 4 is 11.7 Å². The summed E-state index contributed by atoms with van der Waals surface area (Å²) in [5.41, 5.74) is 2.72. The van der Waals surface area contributed by atoms with Gasteiger partial charge in [0.05, 0.1) is 5.56 Å². The van der Waals surface area contributed by atoms with Crippen molar-refractivity contribution in [3.8, 4) is 0 Å². The second-order valence-electron chi connectivity index (χ2n) is 7.44. The predicted molar refractivity (Wildman–Crippen MR) is 90.9 cm³/mol. The topological polar surface area (TPSA) is 32.8 Å². The second-order valence-corrected chi connectivity index (χ2v) is 7.44. The highest BCUT2D eigenvalue weighted by Crippen LogP contribution is 2.45. The van der Waals surface area contributed by atoms with Crippen LogP contribution >= 0.6 is 0 Å². The van der Waals surface area contributed by atoms with Crippen LogP contribution in [0.3, 0.4) is 0 Å². The smallest absolute Gasteiger partial charge is 0.339 e. The van der Waals surface area contributed by atoms with E-state index in [1.165, 1.54) is 18.5 Å². The van der Waals surface area contributed by atoms with E-state index in [9.17, 15) is 4.79 Å². The van der Waals surface area contributed by atoms with E-state index in [1.54, 1.807) is 0 Å². The summed E-state index contributed by atoms with van der Waals surface area (Å²) < 4.78 is 5.92. The molecule has 1 aromatic carbocycles. The summed E-state index contributed by atoms with van der Waals surface area (Å²) in [7, 11) is 0. The monoisotopic (exact) mass is 314 g/mol. The second kappa shape index (κ2) is 5.52. The number of hydrogen-bond acceptors (Lipinski definition) is 4. The minimum absolute atomic E-state index is 0.126. The number of piperidine rings is 1. The summed E-state index contributed by atoms with van der Waals surface area (Å²) in [6.07, 6.45) is 4.31. The number of rotatable bonds is 2. The Morgan fingerprint density at radius 3 is 2.43 bits per heavy atom. The molecule has 0 amide bonds. The summed E-state index contributed by atoms with van der Waals surface area (Å²) in [4.78, 5) is 17.3. The van der Waals surface area contributed by atoms with Crippen LogP contribution in [0.2, 0.25) is 0 Å². The minimum atomic E-state index is -0.374. The van der Waals surface area contributed by atoms with E-state index in [0.29, 0.717) is 6.04 Å². The number of esters is 1. The number of likely N-dealkylation sites (tertiary alicyclic amines) is 1. The van der Waals surface area contributed by atoms with Gasteiger partial charge in [-0.25, -0.2) is 4.79 Å². The van der Waals surface area contributed by atoms with Crippen LogP contribution in [-0.4, -0.2) is 43.1 Å². The lowest BCUT2D eigenvalue weighted by Crippen LogP contribution is -2.45. The zero-order chi connectivity index (χ0) is 16.0. The minimum Gasteiger partial charge on any atom is -0.450 e. The van der Waals surface area contributed by atoms with E-state index in [2.05, 4.69) is 41.8 Å². The first-order valence-corrected chi connectivity index (χ1v) is 8.96. The quantitative estimate of drug-likeness (QED) is 0.785. The Hall–Kier alpha value is -1.55. The zero-order valence-electron chi connectivity index (χ0n) is 14.2. The van der Waals surface area contributed by atoms with Crippen LogP contribution in [0.5, 0.6) is 0 Å². The molecule has 23 heavy (non-hydrogen) atoms. The normalized spacial score (nSPS) is 23.6. The molecule has 2 saturated heterocycles. The average Bonchev–Trinajstić information content (AvgIpc) is 3.16. The highest BCUT2D eigenvalue weighted by molar-refractivity contribution is 5.96. The summed E-state index contributed by atoms with van der Waals surface area (Å²) in [5.74, 6) is -0.126. The molecule has 0 N–H and O–H groups in total. The molecular weight excluding hydrogens is 288 g/mol. The zero-order valence-corrected chi connectivity index (χ0v) is 14.2. The lowest BCUT2D eigenvalue weighted by Gasteiger charge is -2.40. The van der Waals surface area contributed by atoms with Gasteiger partial charge in [-0.1, -0.05) is 6.07 Å². The van der Waals surface area contributed by atoms with Gasteiger partial charge in [0.25, 0.3) is 0 Å². The molecule has 2 fully saturated rings. The Morgan fingerprint density at radius 1 is 1.09 bits per heavy atom. The number of ether oxygens (including phenoxy) is 1. The third kappa shape index (κ3) is 2.44. The molecule has 0 aromatic heterocycles. The van der Waals surface area contributed by atoms with Crippen LogP contribution in [0.1, 0.15) is 55.5 Å². The van der Waals surface area contributed by atoms with Gasteiger partial charge in [0.1, 0.15) is 5.60 Å². The molecule has 4 rings (SSSR count). The van der Waals surface area contributed by atoms with Crippen LogP contribution in [0.4, 0.5) is 5.69 Å². The van der Waals surface area contributed by atoms with Gasteiger partial charge >= 0.3 is 5.97 Å². The summed E-state index contributed by atoms with van der Waals surface area (Å²) in [6, 6.07) is 6.95. The van der Waals surface area contributed by atoms with E-state index >= 15 is 0 Å². The molecule has 124 valence electrons. The molecule has 0 aliphatic carbocycles. The van der Waals surface area contributed by atoms with E-state index < -0.39 is 0 Å². The van der Waals surface area contributed by atoms with Gasteiger partial charge in [0.15, 0.2) is 0 Å². The number of benzene rings is 1. The molecule has 3 heterocycles. The first kappa shape index (κ1) is 15.0. The van der Waals surface area contributed by atoms with E-state index in [-0.39, 0.29) is 11.6 Å². The molecule has 0 atom stereocenters. The Bertz CT molecular complexity index is 612. The van der Waals surface area contributed by atoms with E-state index in [4.69, 9.17) is 4.74 Å². The van der Waals surface area contributed by atoms with Crippen LogP contribution in [0.15, 0.2) is 18.2 Å². The number of carbonyl (C=O) groups excluding carboxylic acids is 1. The largest absolute Gasteiger partial charge is 0.450 e. The number of hydrogen-bond donors (Lipinski definition) is 0. The van der Waals surface area contributed by atoms with Gasteiger partial charge in [-0.15, -0.1) is 0 Å². The third-order valence-electron chi connectivity index (χ3n) is 5.81. The van der Waals surface area contributed by atoms with Gasteiger partial charge in [0, 0.05) is 56.3 Å². The molecule has 0 unspecified atom stereocenters. The van der Waals surface area contributed by atoms with Gasteiger partial charge in [-0.3, -0.25) is 0 Å². The number of carbonyl (C=O) groups is 1. The molecular formula is C19H26N2O2. The molecule has 4 nitrogen and oxygen atoms in total. The number of anilines is 1. The van der Waals surface area contributed by atoms with Crippen LogP contribution in [-0.2, 0) is 10.3 Å². The molecule has 3 aliphatic heterocycles. The molecule has 3 aliphatic rings. The summed E-state index contributed by atoms with van der Waals surface area (Å²) in [6.45, 7) is 8.66. The maximum atomic E-state index is 12.5. The van der Waals surface area contributed by atoms with Crippen molar-refractivity contribution in [1.82, 2.24) is 4.90 Å². The molecule has 0 saturated carbocycles. The highest BCUT2D eigenvalue weighted by Gasteiger charge is 2.47. The fourth-order valence-electron chi connectivity index (χ4n) is 4.33. The maximum Gasteiger partial charge on any atom is 0.339 e. The highest BCUT2D eigenvalue weighted by atomic mass is 16.6.